The molecular weight excluding hydrogens is 583 g/mol. The highest BCUT2D eigenvalue weighted by Gasteiger charge is 2.22. The highest BCUT2D eigenvalue weighted by Crippen LogP contribution is 2.32. The molecule has 0 aliphatic rings. The fourth-order valence-electron chi connectivity index (χ4n) is 4.38. The number of benzene rings is 3. The minimum atomic E-state index is -2.77. The van der Waals surface area contributed by atoms with E-state index in [4.69, 9.17) is 16.3 Å². The lowest BCUT2D eigenvalue weighted by Crippen LogP contribution is -2.34. The van der Waals surface area contributed by atoms with Crippen LogP contribution >= 0.6 is 11.6 Å². The van der Waals surface area contributed by atoms with E-state index in [0.717, 1.165) is 28.4 Å². The Morgan fingerprint density at radius 1 is 1.09 bits per heavy atom. The Kier molecular flexibility index (Phi) is 9.24. The first-order chi connectivity index (χ1) is 20.1. The molecule has 2 amide bonds. The van der Waals surface area contributed by atoms with Gasteiger partial charge in [-0.05, 0) is 54.8 Å². The number of rotatable bonds is 9. The number of hydrogen-bond donors (Lipinski definition) is 3. The van der Waals surface area contributed by atoms with Crippen LogP contribution in [0.2, 0.25) is 5.02 Å². The topological polar surface area (TPSA) is 97.3 Å². The summed E-state index contributed by atoms with van der Waals surface area (Å²) in [5, 5.41) is 8.73. The molecule has 3 aromatic carbocycles. The summed E-state index contributed by atoms with van der Waals surface area (Å²) in [6.07, 6.45) is -2.77. The van der Waals surface area contributed by atoms with Crippen molar-refractivity contribution in [1.29, 1.82) is 0 Å². The van der Waals surface area contributed by atoms with E-state index in [0.29, 0.717) is 23.5 Å². The van der Waals surface area contributed by atoms with Crippen molar-refractivity contribution < 1.29 is 27.5 Å². The number of ether oxygens (including phenoxy) is 1. The second-order valence-corrected chi connectivity index (χ2v) is 11.6. The van der Waals surface area contributed by atoms with Crippen LogP contribution in [-0.2, 0) is 18.4 Å². The zero-order valence-corrected chi connectivity index (χ0v) is 25.4. The van der Waals surface area contributed by atoms with Crippen molar-refractivity contribution in [3.63, 3.8) is 0 Å². The monoisotopic (exact) mass is 615 g/mol. The lowest BCUT2D eigenvalue weighted by Gasteiger charge is -2.20. The molecule has 1 heterocycles. The van der Waals surface area contributed by atoms with Gasteiger partial charge in [0, 0.05) is 36.4 Å². The molecule has 4 rings (SSSR count). The smallest absolute Gasteiger partial charge is 0.272 e. The van der Waals surface area contributed by atoms with Crippen LogP contribution in [0.15, 0.2) is 42.5 Å². The van der Waals surface area contributed by atoms with Gasteiger partial charge in [-0.1, -0.05) is 44.5 Å². The third kappa shape index (κ3) is 7.22. The molecule has 43 heavy (non-hydrogen) atoms. The number of aryl methyl sites for hydroxylation is 2. The Morgan fingerprint density at radius 3 is 2.47 bits per heavy atom. The zero-order chi connectivity index (χ0) is 31.6. The third-order valence-electron chi connectivity index (χ3n) is 6.91. The summed E-state index contributed by atoms with van der Waals surface area (Å²) in [4.78, 5) is 30.3. The Hall–Kier alpha value is -4.25. The van der Waals surface area contributed by atoms with E-state index in [1.807, 2.05) is 46.8 Å². The Balaban J connectivity index is 1.69. The molecule has 0 saturated carbocycles. The maximum Gasteiger partial charge on any atom is 0.272 e. The first-order valence-electron chi connectivity index (χ1n) is 13.5. The van der Waals surface area contributed by atoms with Crippen molar-refractivity contribution in [2.75, 3.05) is 17.2 Å². The minimum Gasteiger partial charge on any atom is -0.487 e. The summed E-state index contributed by atoms with van der Waals surface area (Å²) < 4.78 is 46.8. The second kappa shape index (κ2) is 12.5. The average molecular weight is 616 g/mol. The number of carbonyl (C=O) groups excluding carboxylic acids is 2. The van der Waals surface area contributed by atoms with Crippen LogP contribution in [0.25, 0.3) is 11.0 Å². The molecule has 0 saturated heterocycles. The molecule has 0 bridgehead atoms. The maximum atomic E-state index is 13.6. The number of nitrogens with one attached hydrogen (secondary N) is 3. The molecule has 0 aliphatic heterocycles. The SMILES string of the molecule is Cc1ccc(CNC(=O)C(C)(C)C)c(C)c1Nc1nc2cc(C(=O)Nc3ccc(F)c(Cl)c3)c(OCC(F)F)cc2n1C. The molecule has 228 valence electrons. The van der Waals surface area contributed by atoms with E-state index in [2.05, 4.69) is 20.9 Å². The lowest BCUT2D eigenvalue weighted by atomic mass is 9.95. The predicted molar refractivity (Wildman–Crippen MR) is 162 cm³/mol. The lowest BCUT2D eigenvalue weighted by molar-refractivity contribution is -0.128. The summed E-state index contributed by atoms with van der Waals surface area (Å²) in [7, 11) is 1.74. The van der Waals surface area contributed by atoms with Crippen LogP contribution in [0.5, 0.6) is 5.75 Å². The molecular formula is C31H33ClF3N5O3. The van der Waals surface area contributed by atoms with Gasteiger partial charge in [0.1, 0.15) is 18.2 Å². The maximum absolute atomic E-state index is 13.6. The fraction of sp³-hybridized carbons (Fsp3) is 0.323. The van der Waals surface area contributed by atoms with Crippen molar-refractivity contribution in [3.8, 4) is 5.75 Å². The van der Waals surface area contributed by atoms with Gasteiger partial charge in [0.25, 0.3) is 12.3 Å². The van der Waals surface area contributed by atoms with Gasteiger partial charge in [-0.15, -0.1) is 0 Å². The van der Waals surface area contributed by atoms with Crippen LogP contribution in [-0.4, -0.2) is 34.4 Å². The van der Waals surface area contributed by atoms with E-state index < -0.39 is 30.2 Å². The van der Waals surface area contributed by atoms with E-state index >= 15 is 0 Å². The first kappa shape index (κ1) is 31.7. The number of alkyl halides is 2. The average Bonchev–Trinajstić information content (AvgIpc) is 3.24. The number of carbonyl (C=O) groups is 2. The van der Waals surface area contributed by atoms with Crippen LogP contribution in [0.3, 0.4) is 0 Å². The van der Waals surface area contributed by atoms with E-state index in [-0.39, 0.29) is 27.9 Å². The quantitative estimate of drug-likeness (QED) is 0.184. The predicted octanol–water partition coefficient (Wildman–Crippen LogP) is 7.28. The molecule has 0 spiro atoms. The van der Waals surface area contributed by atoms with E-state index in [9.17, 15) is 22.8 Å². The fourth-order valence-corrected chi connectivity index (χ4v) is 4.56. The van der Waals surface area contributed by atoms with Gasteiger partial charge in [-0.25, -0.2) is 18.2 Å². The molecule has 1 aromatic heterocycles. The number of aromatic nitrogens is 2. The van der Waals surface area contributed by atoms with Crippen LogP contribution in [0.4, 0.5) is 30.5 Å². The molecule has 3 N–H and O–H groups in total. The van der Waals surface area contributed by atoms with Crippen molar-refractivity contribution in [2.24, 2.45) is 12.5 Å². The highest BCUT2D eigenvalue weighted by molar-refractivity contribution is 6.31. The molecule has 0 atom stereocenters. The molecule has 0 unspecified atom stereocenters. The van der Waals surface area contributed by atoms with Crippen LogP contribution < -0.4 is 20.7 Å². The number of fused-ring (bicyclic) bond motifs is 1. The Morgan fingerprint density at radius 2 is 1.81 bits per heavy atom. The molecule has 8 nitrogen and oxygen atoms in total. The van der Waals surface area contributed by atoms with Crippen molar-refractivity contribution >= 4 is 51.8 Å². The normalized spacial score (nSPS) is 11.6. The highest BCUT2D eigenvalue weighted by atomic mass is 35.5. The molecule has 4 aromatic rings. The van der Waals surface area contributed by atoms with Gasteiger partial charge in [0.05, 0.1) is 21.6 Å². The molecule has 0 radical (unpaired) electrons. The summed E-state index contributed by atoms with van der Waals surface area (Å²) in [6, 6.07) is 10.5. The Bertz CT molecular complexity index is 1700. The van der Waals surface area contributed by atoms with Gasteiger partial charge in [0.2, 0.25) is 11.9 Å². The largest absolute Gasteiger partial charge is 0.487 e. The van der Waals surface area contributed by atoms with Gasteiger partial charge in [-0.2, -0.15) is 0 Å². The molecule has 12 heteroatoms. The minimum absolute atomic E-state index is 0.0396. The van der Waals surface area contributed by atoms with E-state index in [1.54, 1.807) is 11.6 Å². The van der Waals surface area contributed by atoms with Crippen LogP contribution in [0, 0.1) is 25.1 Å². The molecule has 0 aliphatic carbocycles. The van der Waals surface area contributed by atoms with Crippen molar-refractivity contribution in [1.82, 2.24) is 14.9 Å². The standard InChI is InChI=1S/C31H33ClF3N5O3/c1-16-7-8-18(14-36-29(42)31(3,4)5)17(2)27(16)39-30-38-23-12-20(25(43-15-26(34)35)13-24(23)40(30)6)28(41)37-19-9-10-22(33)21(32)11-19/h7-13,26H,14-15H2,1-6H3,(H,36,42)(H,37,41)(H,38,39). The first-order valence-corrected chi connectivity index (χ1v) is 13.9. The Labute approximate surface area is 252 Å². The third-order valence-corrected chi connectivity index (χ3v) is 7.20. The number of halogens is 4. The van der Waals surface area contributed by atoms with Gasteiger partial charge in [0.15, 0.2) is 0 Å². The van der Waals surface area contributed by atoms with E-state index in [1.165, 1.54) is 24.3 Å². The van der Waals surface area contributed by atoms with Crippen molar-refractivity contribution in [3.05, 3.63) is 75.6 Å². The number of amides is 2. The number of anilines is 3. The number of nitrogens with zero attached hydrogens (tertiary/aromatic N) is 2. The summed E-state index contributed by atoms with van der Waals surface area (Å²) in [5.74, 6) is -1.03. The number of hydrogen-bond acceptors (Lipinski definition) is 5. The zero-order valence-electron chi connectivity index (χ0n) is 24.7. The summed E-state index contributed by atoms with van der Waals surface area (Å²) in [5.41, 5.74) is 4.15. The van der Waals surface area contributed by atoms with Crippen molar-refractivity contribution in [2.45, 2.75) is 47.6 Å². The number of imidazole rings is 1. The molecule has 0 fully saturated rings. The summed E-state index contributed by atoms with van der Waals surface area (Å²) >= 11 is 5.83. The van der Waals surface area contributed by atoms with Crippen LogP contribution in [0.1, 0.15) is 47.8 Å². The summed E-state index contributed by atoms with van der Waals surface area (Å²) in [6.45, 7) is 8.85. The van der Waals surface area contributed by atoms with Gasteiger partial charge < -0.3 is 25.3 Å². The van der Waals surface area contributed by atoms with Gasteiger partial charge in [-0.3, -0.25) is 9.59 Å². The van der Waals surface area contributed by atoms with Gasteiger partial charge >= 0.3 is 0 Å². The second-order valence-electron chi connectivity index (χ2n) is 11.2.